The summed E-state index contributed by atoms with van der Waals surface area (Å²) in [5.74, 6) is 0. The average molecular weight is 248 g/mol. The third-order valence-electron chi connectivity index (χ3n) is 3.52. The minimum Gasteiger partial charge on any atom is -0.381 e. The molecule has 0 aliphatic carbocycles. The molecule has 0 aromatic heterocycles. The topological polar surface area (TPSA) is 9.23 Å². The van der Waals surface area contributed by atoms with E-state index >= 15 is 0 Å². The molecule has 1 aromatic carbocycles. The second-order valence-electron chi connectivity index (χ2n) is 5.10. The third-order valence-corrected chi connectivity index (χ3v) is 3.52. The van der Waals surface area contributed by atoms with Crippen molar-refractivity contribution in [2.75, 3.05) is 7.11 Å². The summed E-state index contributed by atoms with van der Waals surface area (Å²) in [4.78, 5) is 0. The van der Waals surface area contributed by atoms with Crippen molar-refractivity contribution in [3.8, 4) is 0 Å². The van der Waals surface area contributed by atoms with Gasteiger partial charge >= 0.3 is 0 Å². The Morgan fingerprint density at radius 1 is 0.944 bits per heavy atom. The van der Waals surface area contributed by atoms with Gasteiger partial charge in [0.2, 0.25) is 0 Å². The van der Waals surface area contributed by atoms with Crippen LogP contribution >= 0.6 is 0 Å². The first-order chi connectivity index (χ1) is 8.86. The zero-order chi connectivity index (χ0) is 13.1. The van der Waals surface area contributed by atoms with Gasteiger partial charge in [-0.3, -0.25) is 0 Å². The highest BCUT2D eigenvalue weighted by molar-refractivity contribution is 5.15. The van der Waals surface area contributed by atoms with E-state index in [9.17, 15) is 0 Å². The molecule has 0 aliphatic heterocycles. The molecule has 0 N–H and O–H groups in total. The molecule has 0 aliphatic rings. The highest BCUT2D eigenvalue weighted by atomic mass is 16.5. The molecule has 0 saturated heterocycles. The predicted molar refractivity (Wildman–Crippen MR) is 78.9 cm³/mol. The third kappa shape index (κ3) is 6.80. The summed E-state index contributed by atoms with van der Waals surface area (Å²) >= 11 is 0. The quantitative estimate of drug-likeness (QED) is 0.530. The lowest BCUT2D eigenvalue weighted by atomic mass is 10.0. The van der Waals surface area contributed by atoms with E-state index in [0.717, 1.165) is 6.42 Å². The SMILES string of the molecule is CCCCCCCCC(Cc1ccccc1)OC. The van der Waals surface area contributed by atoms with Gasteiger partial charge in [-0.2, -0.15) is 0 Å². The molecule has 1 unspecified atom stereocenters. The summed E-state index contributed by atoms with van der Waals surface area (Å²) in [6, 6.07) is 10.7. The van der Waals surface area contributed by atoms with Crippen molar-refractivity contribution < 1.29 is 4.74 Å². The van der Waals surface area contributed by atoms with E-state index < -0.39 is 0 Å². The molecule has 0 heterocycles. The minimum atomic E-state index is 0.388. The summed E-state index contributed by atoms with van der Waals surface area (Å²) in [6.07, 6.45) is 10.8. The zero-order valence-electron chi connectivity index (χ0n) is 12.0. The first-order valence-corrected chi connectivity index (χ1v) is 7.43. The molecule has 0 bridgehead atoms. The van der Waals surface area contributed by atoms with E-state index in [1.165, 1.54) is 50.5 Å². The maximum absolute atomic E-state index is 5.58. The van der Waals surface area contributed by atoms with E-state index in [1.807, 2.05) is 7.11 Å². The van der Waals surface area contributed by atoms with E-state index in [4.69, 9.17) is 4.74 Å². The summed E-state index contributed by atoms with van der Waals surface area (Å²) in [5, 5.41) is 0. The van der Waals surface area contributed by atoms with Crippen LogP contribution < -0.4 is 0 Å². The molecule has 0 spiro atoms. The lowest BCUT2D eigenvalue weighted by molar-refractivity contribution is 0.0930. The lowest BCUT2D eigenvalue weighted by Crippen LogP contribution is -2.13. The van der Waals surface area contributed by atoms with Crippen LogP contribution in [0.1, 0.15) is 57.4 Å². The second kappa shape index (κ2) is 10.1. The van der Waals surface area contributed by atoms with Crippen molar-refractivity contribution in [3.63, 3.8) is 0 Å². The average Bonchev–Trinajstić information content (AvgIpc) is 2.42. The molecule has 0 amide bonds. The van der Waals surface area contributed by atoms with Gasteiger partial charge in [0, 0.05) is 7.11 Å². The molecule has 1 atom stereocenters. The van der Waals surface area contributed by atoms with Gasteiger partial charge in [0.25, 0.3) is 0 Å². The van der Waals surface area contributed by atoms with Gasteiger partial charge in [0.15, 0.2) is 0 Å². The first kappa shape index (κ1) is 15.2. The van der Waals surface area contributed by atoms with E-state index in [1.54, 1.807) is 0 Å². The molecule has 0 saturated carbocycles. The summed E-state index contributed by atoms with van der Waals surface area (Å²) in [5.41, 5.74) is 1.38. The molecule has 1 nitrogen and oxygen atoms in total. The van der Waals surface area contributed by atoms with Crippen molar-refractivity contribution in [2.24, 2.45) is 0 Å². The predicted octanol–water partition coefficient (Wildman–Crippen LogP) is 4.99. The van der Waals surface area contributed by atoms with Crippen LogP contribution in [0.4, 0.5) is 0 Å². The molecule has 1 heteroatoms. The van der Waals surface area contributed by atoms with Crippen LogP contribution in [0.25, 0.3) is 0 Å². The van der Waals surface area contributed by atoms with Gasteiger partial charge < -0.3 is 4.74 Å². The Hall–Kier alpha value is -0.820. The van der Waals surface area contributed by atoms with Crippen LogP contribution in [0.2, 0.25) is 0 Å². The van der Waals surface area contributed by atoms with Gasteiger partial charge in [0.05, 0.1) is 6.10 Å². The highest BCUT2D eigenvalue weighted by Gasteiger charge is 2.07. The first-order valence-electron chi connectivity index (χ1n) is 7.43. The standard InChI is InChI=1S/C17H28O/c1-3-4-5-6-7-11-14-17(18-2)15-16-12-9-8-10-13-16/h8-10,12-13,17H,3-7,11,14-15H2,1-2H3. The molecule has 1 rings (SSSR count). The van der Waals surface area contributed by atoms with Gasteiger partial charge in [-0.25, -0.2) is 0 Å². The molecular weight excluding hydrogens is 220 g/mol. The molecule has 102 valence electrons. The van der Waals surface area contributed by atoms with Crippen molar-refractivity contribution >= 4 is 0 Å². The fourth-order valence-electron chi connectivity index (χ4n) is 2.33. The van der Waals surface area contributed by atoms with Crippen molar-refractivity contribution in [2.45, 2.75) is 64.4 Å². The maximum atomic E-state index is 5.58. The summed E-state index contributed by atoms with van der Waals surface area (Å²) < 4.78 is 5.58. The number of methoxy groups -OCH3 is 1. The van der Waals surface area contributed by atoms with Crippen LogP contribution in [0.3, 0.4) is 0 Å². The minimum absolute atomic E-state index is 0.388. The van der Waals surface area contributed by atoms with Crippen LogP contribution in [0.15, 0.2) is 30.3 Å². The van der Waals surface area contributed by atoms with Gasteiger partial charge in [0.1, 0.15) is 0 Å². The van der Waals surface area contributed by atoms with E-state index in [0.29, 0.717) is 6.10 Å². The van der Waals surface area contributed by atoms with Gasteiger partial charge in [-0.1, -0.05) is 75.8 Å². The number of rotatable bonds is 10. The summed E-state index contributed by atoms with van der Waals surface area (Å²) in [6.45, 7) is 2.26. The van der Waals surface area contributed by atoms with Crippen molar-refractivity contribution in [1.29, 1.82) is 0 Å². The Balaban J connectivity index is 2.14. The zero-order valence-corrected chi connectivity index (χ0v) is 12.0. The number of unbranched alkanes of at least 4 members (excludes halogenated alkanes) is 5. The van der Waals surface area contributed by atoms with Gasteiger partial charge in [-0.15, -0.1) is 0 Å². The Bertz CT molecular complexity index is 281. The van der Waals surface area contributed by atoms with Gasteiger partial charge in [-0.05, 0) is 18.4 Å². The fourth-order valence-corrected chi connectivity index (χ4v) is 2.33. The van der Waals surface area contributed by atoms with E-state index in [2.05, 4.69) is 37.3 Å². The van der Waals surface area contributed by atoms with E-state index in [-0.39, 0.29) is 0 Å². The Kier molecular flexibility index (Phi) is 8.58. The van der Waals surface area contributed by atoms with Crippen molar-refractivity contribution in [1.82, 2.24) is 0 Å². The molecule has 1 aromatic rings. The smallest absolute Gasteiger partial charge is 0.0611 e. The van der Waals surface area contributed by atoms with Crippen LogP contribution in [0, 0.1) is 0 Å². The normalized spacial score (nSPS) is 12.6. The second-order valence-corrected chi connectivity index (χ2v) is 5.10. The maximum Gasteiger partial charge on any atom is 0.0611 e. The molecular formula is C17H28O. The molecule has 0 fully saturated rings. The Labute approximate surface area is 113 Å². The molecule has 0 radical (unpaired) electrons. The number of benzene rings is 1. The summed E-state index contributed by atoms with van der Waals surface area (Å²) in [7, 11) is 1.84. The molecule has 18 heavy (non-hydrogen) atoms. The number of hydrogen-bond acceptors (Lipinski definition) is 1. The lowest BCUT2D eigenvalue weighted by Gasteiger charge is -2.15. The Morgan fingerprint density at radius 2 is 1.61 bits per heavy atom. The Morgan fingerprint density at radius 3 is 2.28 bits per heavy atom. The highest BCUT2D eigenvalue weighted by Crippen LogP contribution is 2.13. The van der Waals surface area contributed by atoms with Crippen molar-refractivity contribution in [3.05, 3.63) is 35.9 Å². The monoisotopic (exact) mass is 248 g/mol. The number of ether oxygens (including phenoxy) is 1. The van der Waals surface area contributed by atoms with Crippen LogP contribution in [0.5, 0.6) is 0 Å². The number of hydrogen-bond donors (Lipinski definition) is 0. The fraction of sp³-hybridized carbons (Fsp3) is 0.647. The van der Waals surface area contributed by atoms with Crippen LogP contribution in [-0.4, -0.2) is 13.2 Å². The van der Waals surface area contributed by atoms with Crippen LogP contribution in [-0.2, 0) is 11.2 Å². The largest absolute Gasteiger partial charge is 0.381 e.